The average molecular weight is 467 g/mol. The van der Waals surface area contributed by atoms with Crippen LogP contribution in [0, 0.1) is 0 Å². The molecule has 1 amide bonds. The highest BCUT2D eigenvalue weighted by molar-refractivity contribution is 7.98. The molecule has 0 aliphatic carbocycles. The Morgan fingerprint density at radius 3 is 2.47 bits per heavy atom. The molecule has 3 aromatic rings. The number of aromatic nitrogens is 2. The van der Waals surface area contributed by atoms with Gasteiger partial charge in [-0.25, -0.2) is 8.42 Å². The lowest BCUT2D eigenvalue weighted by Gasteiger charge is -2.16. The summed E-state index contributed by atoms with van der Waals surface area (Å²) >= 11 is 7.37. The highest BCUT2D eigenvalue weighted by Gasteiger charge is 2.23. The molecule has 0 spiro atoms. The van der Waals surface area contributed by atoms with E-state index in [1.165, 1.54) is 30.9 Å². The number of hydrogen-bond acceptors (Lipinski definition) is 7. The van der Waals surface area contributed by atoms with Gasteiger partial charge in [-0.3, -0.25) is 4.79 Å². The topological polar surface area (TPSA) is 105 Å². The third-order valence-corrected chi connectivity index (χ3v) is 6.95. The van der Waals surface area contributed by atoms with Crippen LogP contribution in [0.2, 0.25) is 5.02 Å². The lowest BCUT2D eigenvalue weighted by molar-refractivity contribution is -0.121. The number of rotatable bonds is 8. The molecule has 0 aliphatic heterocycles. The van der Waals surface area contributed by atoms with Gasteiger partial charge in [0.1, 0.15) is 0 Å². The second-order valence-corrected chi connectivity index (χ2v) is 9.59. The monoisotopic (exact) mass is 466 g/mol. The molecule has 0 bridgehead atoms. The molecule has 1 N–H and O–H groups in total. The van der Waals surface area contributed by atoms with E-state index in [4.69, 9.17) is 16.1 Å². The van der Waals surface area contributed by atoms with Crippen LogP contribution in [0.5, 0.6) is 0 Å². The third-order valence-electron chi connectivity index (χ3n) is 4.14. The molecule has 8 nitrogen and oxygen atoms in total. The maximum Gasteiger partial charge on any atom is 0.246 e. The molecule has 0 unspecified atom stereocenters. The zero-order valence-corrected chi connectivity index (χ0v) is 18.6. The Balaban J connectivity index is 1.57. The van der Waals surface area contributed by atoms with Gasteiger partial charge in [-0.15, -0.1) is 11.8 Å². The molecule has 0 saturated heterocycles. The number of sulfonamides is 1. The van der Waals surface area contributed by atoms with Gasteiger partial charge < -0.3 is 9.84 Å². The van der Waals surface area contributed by atoms with E-state index in [0.717, 1.165) is 14.8 Å². The number of benzene rings is 2. The van der Waals surface area contributed by atoms with Gasteiger partial charge in [-0.05, 0) is 54.8 Å². The Bertz CT molecular complexity index is 1120. The van der Waals surface area contributed by atoms with Gasteiger partial charge in [0.2, 0.25) is 27.6 Å². The van der Waals surface area contributed by atoms with Gasteiger partial charge in [0.15, 0.2) is 0 Å². The molecule has 0 fully saturated rings. The van der Waals surface area contributed by atoms with Crippen molar-refractivity contribution in [2.45, 2.75) is 16.3 Å². The van der Waals surface area contributed by atoms with Crippen LogP contribution >= 0.6 is 23.4 Å². The van der Waals surface area contributed by atoms with Crippen LogP contribution in [-0.4, -0.2) is 48.6 Å². The Kier molecular flexibility index (Phi) is 7.14. The molecule has 0 atom stereocenters. The van der Waals surface area contributed by atoms with Crippen LogP contribution in [0.4, 0.5) is 0 Å². The first-order chi connectivity index (χ1) is 14.3. The molecular formula is C19H19ClN4O4S2. The predicted octanol–water partition coefficient (Wildman–Crippen LogP) is 3.05. The quantitative estimate of drug-likeness (QED) is 0.508. The molecule has 3 rings (SSSR count). The van der Waals surface area contributed by atoms with Crippen molar-refractivity contribution in [1.29, 1.82) is 0 Å². The molecule has 0 saturated carbocycles. The van der Waals surface area contributed by atoms with Gasteiger partial charge >= 0.3 is 0 Å². The Morgan fingerprint density at radius 1 is 1.17 bits per heavy atom. The largest absolute Gasteiger partial charge is 0.346 e. The minimum Gasteiger partial charge on any atom is -0.346 e. The number of thioether (sulfide) groups is 1. The number of halogens is 1. The van der Waals surface area contributed by atoms with E-state index in [-0.39, 0.29) is 23.9 Å². The Labute approximate surface area is 183 Å². The maximum absolute atomic E-state index is 12.6. The second-order valence-electron chi connectivity index (χ2n) is 6.23. The summed E-state index contributed by atoms with van der Waals surface area (Å²) in [5.74, 6) is 0.0730. The highest BCUT2D eigenvalue weighted by Crippen LogP contribution is 2.20. The number of hydrogen-bond donors (Lipinski definition) is 1. The van der Waals surface area contributed by atoms with Crippen molar-refractivity contribution < 1.29 is 17.7 Å². The van der Waals surface area contributed by atoms with E-state index in [1.54, 1.807) is 36.4 Å². The SMILES string of the molecule is CSc1ccc(S(=O)(=O)N(C)CC(=O)NCc2nc(-c3ccc(Cl)cc3)no2)cc1. The van der Waals surface area contributed by atoms with E-state index in [1.807, 2.05) is 6.26 Å². The molecule has 0 aliphatic rings. The number of amides is 1. The lowest BCUT2D eigenvalue weighted by atomic mass is 10.2. The number of likely N-dealkylation sites (N-methyl/N-ethyl adjacent to an activating group) is 1. The summed E-state index contributed by atoms with van der Waals surface area (Å²) in [4.78, 5) is 17.5. The normalized spacial score (nSPS) is 11.6. The fourth-order valence-electron chi connectivity index (χ4n) is 2.49. The number of carbonyl (C=O) groups is 1. The maximum atomic E-state index is 12.6. The average Bonchev–Trinajstić information content (AvgIpc) is 3.22. The first kappa shape index (κ1) is 22.3. The van der Waals surface area contributed by atoms with E-state index in [9.17, 15) is 13.2 Å². The standard InChI is InChI=1S/C19H19ClN4O4S2/c1-24(30(26,27)16-9-7-15(29-2)8-10-16)12-17(25)21-11-18-22-19(23-28-18)13-3-5-14(20)6-4-13/h3-10H,11-12H2,1-2H3,(H,21,25). The summed E-state index contributed by atoms with van der Waals surface area (Å²) in [6.07, 6.45) is 1.90. The van der Waals surface area contributed by atoms with Gasteiger partial charge in [0.25, 0.3) is 0 Å². The van der Waals surface area contributed by atoms with Crippen LogP contribution < -0.4 is 5.32 Å². The molecule has 30 heavy (non-hydrogen) atoms. The van der Waals surface area contributed by atoms with Crippen LogP contribution in [0.1, 0.15) is 5.89 Å². The summed E-state index contributed by atoms with van der Waals surface area (Å²) in [6.45, 7) is -0.361. The molecule has 1 aromatic heterocycles. The molecule has 2 aromatic carbocycles. The Hall–Kier alpha value is -2.40. The molecular weight excluding hydrogens is 448 g/mol. The summed E-state index contributed by atoms with van der Waals surface area (Å²) < 4.78 is 31.3. The molecule has 158 valence electrons. The summed E-state index contributed by atoms with van der Waals surface area (Å²) in [6, 6.07) is 13.4. The minimum atomic E-state index is -3.78. The van der Waals surface area contributed by atoms with Crippen molar-refractivity contribution in [2.75, 3.05) is 19.8 Å². The first-order valence-corrected chi connectivity index (χ1v) is 11.8. The van der Waals surface area contributed by atoms with Gasteiger partial charge in [0, 0.05) is 22.5 Å². The summed E-state index contributed by atoms with van der Waals surface area (Å²) in [7, 11) is -2.43. The fraction of sp³-hybridized carbons (Fsp3) is 0.211. The number of carbonyl (C=O) groups excluding carboxylic acids is 1. The molecule has 1 heterocycles. The van der Waals surface area contributed by atoms with Crippen LogP contribution in [0.25, 0.3) is 11.4 Å². The van der Waals surface area contributed by atoms with Crippen LogP contribution in [0.15, 0.2) is 62.8 Å². The first-order valence-electron chi connectivity index (χ1n) is 8.75. The Morgan fingerprint density at radius 2 is 1.83 bits per heavy atom. The smallest absolute Gasteiger partial charge is 0.246 e. The third kappa shape index (κ3) is 5.39. The van der Waals surface area contributed by atoms with Crippen molar-refractivity contribution in [3.63, 3.8) is 0 Å². The van der Waals surface area contributed by atoms with Gasteiger partial charge in [-0.1, -0.05) is 16.8 Å². The van der Waals surface area contributed by atoms with Crippen LogP contribution in [-0.2, 0) is 21.4 Å². The van der Waals surface area contributed by atoms with Crippen molar-refractivity contribution in [3.05, 3.63) is 59.4 Å². The summed E-state index contributed by atoms with van der Waals surface area (Å²) in [5.41, 5.74) is 0.721. The van der Waals surface area contributed by atoms with Crippen molar-refractivity contribution in [2.24, 2.45) is 0 Å². The zero-order valence-electron chi connectivity index (χ0n) is 16.2. The van der Waals surface area contributed by atoms with Crippen molar-refractivity contribution in [3.8, 4) is 11.4 Å². The molecule has 11 heteroatoms. The summed E-state index contributed by atoms with van der Waals surface area (Å²) in [5, 5.41) is 7.03. The van der Waals surface area contributed by atoms with E-state index >= 15 is 0 Å². The van der Waals surface area contributed by atoms with E-state index in [0.29, 0.717) is 10.8 Å². The molecule has 0 radical (unpaired) electrons. The van der Waals surface area contributed by atoms with E-state index in [2.05, 4.69) is 15.5 Å². The van der Waals surface area contributed by atoms with Crippen molar-refractivity contribution in [1.82, 2.24) is 19.8 Å². The van der Waals surface area contributed by atoms with E-state index < -0.39 is 15.9 Å². The zero-order chi connectivity index (χ0) is 21.7. The highest BCUT2D eigenvalue weighted by atomic mass is 35.5. The fourth-order valence-corrected chi connectivity index (χ4v) is 4.15. The van der Waals surface area contributed by atoms with Crippen molar-refractivity contribution >= 4 is 39.3 Å². The van der Waals surface area contributed by atoms with Crippen LogP contribution in [0.3, 0.4) is 0 Å². The number of nitrogens with zero attached hydrogens (tertiary/aromatic N) is 3. The number of nitrogens with one attached hydrogen (secondary N) is 1. The van der Waals surface area contributed by atoms with Gasteiger partial charge in [0.05, 0.1) is 18.0 Å². The lowest BCUT2D eigenvalue weighted by Crippen LogP contribution is -2.38. The minimum absolute atomic E-state index is 0.0181. The van der Waals surface area contributed by atoms with Gasteiger partial charge in [-0.2, -0.15) is 9.29 Å². The second kappa shape index (κ2) is 9.61. The predicted molar refractivity (Wildman–Crippen MR) is 115 cm³/mol.